The van der Waals surface area contributed by atoms with Gasteiger partial charge in [-0.1, -0.05) is 49.4 Å². The van der Waals surface area contributed by atoms with E-state index in [-0.39, 0.29) is 36.5 Å². The normalized spacial score (nSPS) is 17.7. The van der Waals surface area contributed by atoms with Crippen molar-refractivity contribution < 1.29 is 36.5 Å². The van der Waals surface area contributed by atoms with Gasteiger partial charge in [-0.25, -0.2) is 16.8 Å². The van der Waals surface area contributed by atoms with Crippen LogP contribution < -0.4 is 5.32 Å². The number of hydrogen-bond donors (Lipinski definition) is 2. The first-order chi connectivity index (χ1) is 17.9. The van der Waals surface area contributed by atoms with Gasteiger partial charge in [0, 0.05) is 25.2 Å². The number of nitrogens with zero attached hydrogens (tertiary/aromatic N) is 3. The molecule has 0 bridgehead atoms. The summed E-state index contributed by atoms with van der Waals surface area (Å²) >= 11 is 0. The summed E-state index contributed by atoms with van der Waals surface area (Å²) in [6.45, 7) is 1.07. The van der Waals surface area contributed by atoms with Gasteiger partial charge in [-0.2, -0.15) is 8.61 Å². The van der Waals surface area contributed by atoms with E-state index in [9.17, 15) is 41.6 Å². The Kier molecular flexibility index (Phi) is 9.19. The van der Waals surface area contributed by atoms with Gasteiger partial charge in [-0.3, -0.25) is 19.7 Å². The van der Waals surface area contributed by atoms with Crippen LogP contribution in [0.15, 0.2) is 54.6 Å². The quantitative estimate of drug-likeness (QED) is 0.282. The van der Waals surface area contributed by atoms with Gasteiger partial charge in [0.05, 0.1) is 28.9 Å². The van der Waals surface area contributed by atoms with Crippen molar-refractivity contribution >= 4 is 37.6 Å². The lowest BCUT2D eigenvalue weighted by Crippen LogP contribution is -2.54. The van der Waals surface area contributed by atoms with Crippen molar-refractivity contribution in [1.82, 2.24) is 13.9 Å². The van der Waals surface area contributed by atoms with Gasteiger partial charge >= 0.3 is 5.97 Å². The fourth-order valence-electron chi connectivity index (χ4n) is 4.20. The molecule has 38 heavy (non-hydrogen) atoms. The highest BCUT2D eigenvalue weighted by atomic mass is 32.2. The van der Waals surface area contributed by atoms with E-state index in [2.05, 4.69) is 5.32 Å². The maximum atomic E-state index is 13.6. The average molecular weight is 569 g/mol. The second-order valence-corrected chi connectivity index (χ2v) is 12.6. The number of carbonyl (C=O) groups excluding carboxylic acids is 1. The first-order valence-electron chi connectivity index (χ1n) is 11.6. The second-order valence-electron chi connectivity index (χ2n) is 8.66. The number of nitro benzene ring substituents is 1. The molecule has 13 nitrogen and oxygen atoms in total. The summed E-state index contributed by atoms with van der Waals surface area (Å²) in [4.78, 5) is 35.6. The van der Waals surface area contributed by atoms with Crippen LogP contribution in [0.25, 0.3) is 0 Å². The Labute approximate surface area is 220 Å². The van der Waals surface area contributed by atoms with Gasteiger partial charge in [0.25, 0.3) is 11.6 Å². The molecular weight excluding hydrogens is 540 g/mol. The van der Waals surface area contributed by atoms with Crippen molar-refractivity contribution in [2.75, 3.05) is 18.8 Å². The van der Waals surface area contributed by atoms with E-state index in [1.165, 1.54) is 18.2 Å². The van der Waals surface area contributed by atoms with Crippen molar-refractivity contribution in [3.8, 4) is 0 Å². The standard InChI is InChI=1S/C23H28N4O9S2/c1-2-13-37(33,34)25-11-12-26(38(35,36)16-17-7-4-3-5-8-17)23(25)22(30)24-20(15-21(28)29)18-9-6-10-19(14-18)27(31)32/h3-10,14,20,23H,2,11-13,15-16H2,1H3,(H,24,30)(H,28,29). The third-order valence-corrected chi connectivity index (χ3v) is 9.68. The zero-order valence-electron chi connectivity index (χ0n) is 20.5. The number of nitro groups is 1. The smallest absolute Gasteiger partial charge is 0.305 e. The molecule has 2 atom stereocenters. The van der Waals surface area contributed by atoms with Crippen LogP contribution >= 0.6 is 0 Å². The number of benzene rings is 2. The first-order valence-corrected chi connectivity index (χ1v) is 14.9. The maximum absolute atomic E-state index is 13.6. The molecule has 3 rings (SSSR count). The molecule has 1 fully saturated rings. The molecule has 2 aromatic carbocycles. The molecule has 0 saturated carbocycles. The number of amides is 1. The third kappa shape index (κ3) is 6.92. The lowest BCUT2D eigenvalue weighted by atomic mass is 10.0. The third-order valence-electron chi connectivity index (χ3n) is 5.87. The monoisotopic (exact) mass is 568 g/mol. The molecule has 0 aliphatic carbocycles. The molecule has 15 heteroatoms. The summed E-state index contributed by atoms with van der Waals surface area (Å²) in [6.07, 6.45) is -2.26. The Bertz CT molecular complexity index is 1400. The molecule has 1 aliphatic rings. The summed E-state index contributed by atoms with van der Waals surface area (Å²) in [7, 11) is -8.25. The number of carboxylic acid groups (broad SMARTS) is 1. The van der Waals surface area contributed by atoms with Crippen molar-refractivity contribution in [1.29, 1.82) is 0 Å². The van der Waals surface area contributed by atoms with Crippen LogP contribution in [0.1, 0.15) is 36.9 Å². The Morgan fingerprint density at radius 3 is 2.26 bits per heavy atom. The number of rotatable bonds is 12. The SMILES string of the molecule is CCCS(=O)(=O)N1CCN(S(=O)(=O)Cc2ccccc2)C1C(=O)NC(CC(=O)O)c1cccc([N+](=O)[O-])c1. The predicted octanol–water partition coefficient (Wildman–Crippen LogP) is 1.44. The average Bonchev–Trinajstić information content (AvgIpc) is 3.31. The molecular formula is C23H28N4O9S2. The number of hydrogen-bond acceptors (Lipinski definition) is 8. The van der Waals surface area contributed by atoms with Gasteiger partial charge in [-0.05, 0) is 17.5 Å². The highest BCUT2D eigenvalue weighted by molar-refractivity contribution is 7.89. The van der Waals surface area contributed by atoms with Crippen LogP contribution in [0.5, 0.6) is 0 Å². The van der Waals surface area contributed by atoms with E-state index in [0.29, 0.717) is 5.56 Å². The number of sulfonamides is 2. The Morgan fingerprint density at radius 1 is 1.05 bits per heavy atom. The number of nitrogens with one attached hydrogen (secondary N) is 1. The topological polar surface area (TPSA) is 184 Å². The van der Waals surface area contributed by atoms with Crippen LogP contribution in [0.4, 0.5) is 5.69 Å². The van der Waals surface area contributed by atoms with Crippen molar-refractivity contribution in [2.45, 2.75) is 37.7 Å². The largest absolute Gasteiger partial charge is 0.481 e. The molecule has 0 radical (unpaired) electrons. The summed E-state index contributed by atoms with van der Waals surface area (Å²) in [5, 5.41) is 23.0. The van der Waals surface area contributed by atoms with E-state index >= 15 is 0 Å². The molecule has 0 aromatic heterocycles. The highest BCUT2D eigenvalue weighted by Crippen LogP contribution is 2.27. The van der Waals surface area contributed by atoms with Gasteiger partial charge in [-0.15, -0.1) is 0 Å². The molecule has 1 saturated heterocycles. The molecule has 2 aromatic rings. The second kappa shape index (κ2) is 12.0. The Hall–Kier alpha value is -3.40. The number of aliphatic carboxylic acids is 1. The Balaban J connectivity index is 2.00. The van der Waals surface area contributed by atoms with E-state index in [4.69, 9.17) is 0 Å². The van der Waals surface area contributed by atoms with E-state index in [1.807, 2.05) is 0 Å². The van der Waals surface area contributed by atoms with Crippen molar-refractivity contribution in [3.63, 3.8) is 0 Å². The van der Waals surface area contributed by atoms with Crippen LogP contribution in [0.3, 0.4) is 0 Å². The fraction of sp³-hybridized carbons (Fsp3) is 0.391. The van der Waals surface area contributed by atoms with E-state index < -0.39 is 61.2 Å². The maximum Gasteiger partial charge on any atom is 0.305 e. The summed E-state index contributed by atoms with van der Waals surface area (Å²) < 4.78 is 54.3. The predicted molar refractivity (Wildman–Crippen MR) is 137 cm³/mol. The number of carboxylic acids is 1. The minimum Gasteiger partial charge on any atom is -0.481 e. The van der Waals surface area contributed by atoms with Crippen LogP contribution in [-0.2, 0) is 35.4 Å². The molecule has 1 aliphatic heterocycles. The van der Waals surface area contributed by atoms with Gasteiger partial charge in [0.1, 0.15) is 0 Å². The summed E-state index contributed by atoms with van der Waals surface area (Å²) in [6, 6.07) is 11.9. The lowest BCUT2D eigenvalue weighted by molar-refractivity contribution is -0.384. The zero-order valence-corrected chi connectivity index (χ0v) is 22.1. The van der Waals surface area contributed by atoms with E-state index in [1.54, 1.807) is 37.3 Å². The number of non-ortho nitro benzene ring substituents is 1. The van der Waals surface area contributed by atoms with Gasteiger partial charge in [0.15, 0.2) is 6.17 Å². The lowest BCUT2D eigenvalue weighted by Gasteiger charge is -2.30. The fourth-order valence-corrected chi connectivity index (χ4v) is 7.54. The molecule has 1 amide bonds. The molecule has 2 N–H and O–H groups in total. The first kappa shape index (κ1) is 29.2. The highest BCUT2D eigenvalue weighted by Gasteiger charge is 2.48. The van der Waals surface area contributed by atoms with Gasteiger partial charge in [0.2, 0.25) is 20.0 Å². The van der Waals surface area contributed by atoms with Crippen molar-refractivity contribution in [2.24, 2.45) is 0 Å². The minimum absolute atomic E-state index is 0.0922. The van der Waals surface area contributed by atoms with Crippen molar-refractivity contribution in [3.05, 3.63) is 75.8 Å². The molecule has 1 heterocycles. The summed E-state index contributed by atoms with van der Waals surface area (Å²) in [5.41, 5.74) is 0.184. The van der Waals surface area contributed by atoms with Crippen LogP contribution in [-0.4, -0.2) is 72.4 Å². The van der Waals surface area contributed by atoms with E-state index in [0.717, 1.165) is 14.7 Å². The summed E-state index contributed by atoms with van der Waals surface area (Å²) in [5.74, 6) is -3.20. The van der Waals surface area contributed by atoms with Crippen LogP contribution in [0, 0.1) is 10.1 Å². The molecule has 2 unspecified atom stereocenters. The molecule has 206 valence electrons. The minimum atomic E-state index is -4.20. The zero-order chi connectivity index (χ0) is 28.1. The Morgan fingerprint density at radius 2 is 1.68 bits per heavy atom. The number of carbonyl (C=O) groups is 2. The van der Waals surface area contributed by atoms with Crippen LogP contribution in [0.2, 0.25) is 0 Å². The van der Waals surface area contributed by atoms with Gasteiger partial charge < -0.3 is 10.4 Å². The molecule has 0 spiro atoms.